The van der Waals surface area contributed by atoms with Gasteiger partial charge in [-0.1, -0.05) is 25.3 Å². The minimum atomic E-state index is -0.595. The molecular weight excluding hydrogens is 219 g/mol. The van der Waals surface area contributed by atoms with E-state index in [1.54, 1.807) is 6.07 Å². The molecular formula is C13H19FN2O. The summed E-state index contributed by atoms with van der Waals surface area (Å²) in [7, 11) is 0. The third-order valence-electron chi connectivity index (χ3n) is 3.71. The van der Waals surface area contributed by atoms with Gasteiger partial charge in [0, 0.05) is 11.6 Å². The molecule has 1 aromatic rings. The lowest BCUT2D eigenvalue weighted by Crippen LogP contribution is -2.23. The number of phenols is 1. The Labute approximate surface area is 101 Å². The van der Waals surface area contributed by atoms with Crippen LogP contribution in [0.3, 0.4) is 0 Å². The van der Waals surface area contributed by atoms with Gasteiger partial charge in [-0.2, -0.15) is 0 Å². The molecule has 1 fully saturated rings. The van der Waals surface area contributed by atoms with Crippen LogP contribution in [-0.4, -0.2) is 5.11 Å². The quantitative estimate of drug-likeness (QED) is 0.548. The van der Waals surface area contributed by atoms with Crippen LogP contribution in [0, 0.1) is 11.7 Å². The molecule has 1 aliphatic carbocycles. The molecule has 0 amide bonds. The van der Waals surface area contributed by atoms with Crippen molar-refractivity contribution in [1.29, 1.82) is 0 Å². The van der Waals surface area contributed by atoms with Gasteiger partial charge in [0.15, 0.2) is 0 Å². The maximum atomic E-state index is 13.1. The van der Waals surface area contributed by atoms with Crippen molar-refractivity contribution in [3.05, 3.63) is 23.5 Å². The van der Waals surface area contributed by atoms with E-state index in [-0.39, 0.29) is 17.5 Å². The number of hydrogen-bond donors (Lipinski definition) is 3. The van der Waals surface area contributed by atoms with E-state index in [0.717, 1.165) is 12.8 Å². The van der Waals surface area contributed by atoms with Crippen molar-refractivity contribution in [1.82, 2.24) is 0 Å². The largest absolute Gasteiger partial charge is 0.505 e. The summed E-state index contributed by atoms with van der Waals surface area (Å²) in [6.07, 6.45) is 5.74. The Morgan fingerprint density at radius 1 is 1.24 bits per heavy atom. The molecule has 0 radical (unpaired) electrons. The summed E-state index contributed by atoms with van der Waals surface area (Å²) in [5.41, 5.74) is 12.0. The molecule has 0 spiro atoms. The lowest BCUT2D eigenvalue weighted by molar-refractivity contribution is 0.303. The highest BCUT2D eigenvalue weighted by molar-refractivity contribution is 5.57. The Kier molecular flexibility index (Phi) is 3.52. The van der Waals surface area contributed by atoms with Crippen LogP contribution in [0.1, 0.15) is 43.7 Å². The number of nitrogen functional groups attached to an aromatic ring is 1. The normalized spacial score (nSPS) is 19.2. The summed E-state index contributed by atoms with van der Waals surface area (Å²) >= 11 is 0. The molecule has 0 heterocycles. The molecule has 1 atom stereocenters. The average Bonchev–Trinajstić information content (AvgIpc) is 2.36. The van der Waals surface area contributed by atoms with Crippen molar-refractivity contribution in [2.45, 2.75) is 38.1 Å². The molecule has 1 saturated carbocycles. The number of anilines is 1. The highest BCUT2D eigenvalue weighted by atomic mass is 19.1. The van der Waals surface area contributed by atoms with Gasteiger partial charge in [0.05, 0.1) is 0 Å². The second-order valence-corrected chi connectivity index (χ2v) is 4.82. The number of aromatic hydroxyl groups is 1. The van der Waals surface area contributed by atoms with Gasteiger partial charge in [-0.15, -0.1) is 0 Å². The predicted octanol–water partition coefficient (Wildman–Crippen LogP) is 2.69. The smallest absolute Gasteiger partial charge is 0.149 e. The number of hydrogen-bond acceptors (Lipinski definition) is 3. The first-order valence-electron chi connectivity index (χ1n) is 6.13. The van der Waals surface area contributed by atoms with E-state index in [1.807, 2.05) is 0 Å². The molecule has 17 heavy (non-hydrogen) atoms. The Balaban J connectivity index is 2.24. The van der Waals surface area contributed by atoms with Crippen LogP contribution in [0.25, 0.3) is 0 Å². The van der Waals surface area contributed by atoms with Gasteiger partial charge >= 0.3 is 0 Å². The fourth-order valence-corrected chi connectivity index (χ4v) is 2.62. The van der Waals surface area contributed by atoms with E-state index >= 15 is 0 Å². The van der Waals surface area contributed by atoms with Crippen molar-refractivity contribution in [2.75, 3.05) is 5.73 Å². The average molecular weight is 238 g/mol. The Morgan fingerprint density at radius 3 is 2.53 bits per heavy atom. The molecule has 0 aromatic heterocycles. The first kappa shape index (κ1) is 12.2. The minimum absolute atomic E-state index is 0.192. The van der Waals surface area contributed by atoms with Gasteiger partial charge in [-0.05, 0) is 24.8 Å². The summed E-state index contributed by atoms with van der Waals surface area (Å²) in [4.78, 5) is 0. The van der Waals surface area contributed by atoms with Gasteiger partial charge in [-0.3, -0.25) is 0 Å². The monoisotopic (exact) mass is 238 g/mol. The highest BCUT2D eigenvalue weighted by Gasteiger charge is 2.25. The van der Waals surface area contributed by atoms with Gasteiger partial charge in [0.1, 0.15) is 17.3 Å². The third-order valence-corrected chi connectivity index (χ3v) is 3.71. The van der Waals surface area contributed by atoms with E-state index in [2.05, 4.69) is 0 Å². The predicted molar refractivity (Wildman–Crippen MR) is 66.0 cm³/mol. The Hall–Kier alpha value is -1.29. The molecule has 94 valence electrons. The van der Waals surface area contributed by atoms with Crippen LogP contribution < -0.4 is 11.5 Å². The number of benzene rings is 1. The Bertz CT molecular complexity index is 403. The highest BCUT2D eigenvalue weighted by Crippen LogP contribution is 2.38. The minimum Gasteiger partial charge on any atom is -0.505 e. The van der Waals surface area contributed by atoms with E-state index in [0.29, 0.717) is 11.5 Å². The van der Waals surface area contributed by atoms with Crippen molar-refractivity contribution >= 4 is 5.69 Å². The maximum absolute atomic E-state index is 13.1. The van der Waals surface area contributed by atoms with Gasteiger partial charge in [0.2, 0.25) is 0 Å². The van der Waals surface area contributed by atoms with Crippen LogP contribution in [0.5, 0.6) is 5.75 Å². The van der Waals surface area contributed by atoms with Gasteiger partial charge in [0.25, 0.3) is 0 Å². The third kappa shape index (κ3) is 2.36. The summed E-state index contributed by atoms with van der Waals surface area (Å²) in [5, 5.41) is 9.83. The molecule has 4 heteroatoms. The SMILES string of the molecule is Nc1c(F)ccc([C@@H](N)C2CCCCC2)c1O. The first-order valence-corrected chi connectivity index (χ1v) is 6.13. The van der Waals surface area contributed by atoms with Crippen molar-refractivity contribution in [3.63, 3.8) is 0 Å². The van der Waals surface area contributed by atoms with E-state index < -0.39 is 5.82 Å². The first-order chi connectivity index (χ1) is 8.11. The number of phenolic OH excluding ortho intramolecular Hbond substituents is 1. The summed E-state index contributed by atoms with van der Waals surface area (Å²) < 4.78 is 13.1. The summed E-state index contributed by atoms with van der Waals surface area (Å²) in [6.45, 7) is 0. The molecule has 5 N–H and O–H groups in total. The van der Waals surface area contributed by atoms with Crippen LogP contribution in [0.2, 0.25) is 0 Å². The standard InChI is InChI=1S/C13H19FN2O/c14-10-7-6-9(13(17)12(10)16)11(15)8-4-2-1-3-5-8/h6-8,11,17H,1-5,15-16H2/t11-/m0/s1. The van der Waals surface area contributed by atoms with E-state index in [4.69, 9.17) is 11.5 Å². The van der Waals surface area contributed by atoms with Gasteiger partial charge < -0.3 is 16.6 Å². The molecule has 3 nitrogen and oxygen atoms in total. The molecule has 0 saturated heterocycles. The molecule has 2 rings (SSSR count). The summed E-state index contributed by atoms with van der Waals surface area (Å²) in [5.74, 6) is -0.426. The molecule has 1 aromatic carbocycles. The summed E-state index contributed by atoms with van der Waals surface area (Å²) in [6, 6.07) is 2.56. The number of rotatable bonds is 2. The maximum Gasteiger partial charge on any atom is 0.149 e. The zero-order valence-electron chi connectivity index (χ0n) is 9.82. The molecule has 0 aliphatic heterocycles. The number of nitrogens with two attached hydrogens (primary N) is 2. The fraction of sp³-hybridized carbons (Fsp3) is 0.538. The van der Waals surface area contributed by atoms with Crippen LogP contribution >= 0.6 is 0 Å². The van der Waals surface area contributed by atoms with Crippen LogP contribution in [0.15, 0.2) is 12.1 Å². The van der Waals surface area contributed by atoms with Crippen LogP contribution in [0.4, 0.5) is 10.1 Å². The van der Waals surface area contributed by atoms with Gasteiger partial charge in [-0.25, -0.2) is 4.39 Å². The second-order valence-electron chi connectivity index (χ2n) is 4.82. The van der Waals surface area contributed by atoms with Crippen LogP contribution in [-0.2, 0) is 0 Å². The zero-order chi connectivity index (χ0) is 12.4. The zero-order valence-corrected chi connectivity index (χ0v) is 9.82. The topological polar surface area (TPSA) is 72.3 Å². The van der Waals surface area contributed by atoms with E-state index in [1.165, 1.54) is 25.3 Å². The van der Waals surface area contributed by atoms with Crippen molar-refractivity contribution < 1.29 is 9.50 Å². The molecule has 0 bridgehead atoms. The molecule has 1 aliphatic rings. The lowest BCUT2D eigenvalue weighted by Gasteiger charge is -2.28. The Morgan fingerprint density at radius 2 is 1.88 bits per heavy atom. The van der Waals surface area contributed by atoms with Crippen molar-refractivity contribution in [2.24, 2.45) is 11.7 Å². The fourth-order valence-electron chi connectivity index (χ4n) is 2.62. The van der Waals surface area contributed by atoms with Crippen molar-refractivity contribution in [3.8, 4) is 5.75 Å². The second kappa shape index (κ2) is 4.92. The molecule has 0 unspecified atom stereocenters. The van der Waals surface area contributed by atoms with E-state index in [9.17, 15) is 9.50 Å². The number of halogens is 1. The lowest BCUT2D eigenvalue weighted by atomic mass is 9.81.